The molecule has 1 N–H and O–H groups in total. The van der Waals surface area contributed by atoms with Crippen LogP contribution in [0, 0.1) is 5.92 Å². The van der Waals surface area contributed by atoms with Crippen molar-refractivity contribution in [1.82, 2.24) is 5.32 Å². The van der Waals surface area contributed by atoms with E-state index in [9.17, 15) is 9.59 Å². The maximum absolute atomic E-state index is 12.0. The monoisotopic (exact) mass is 310 g/mol. The number of hydrogen-bond acceptors (Lipinski definition) is 4. The molecule has 0 spiro atoms. The Morgan fingerprint density at radius 2 is 2.10 bits per heavy atom. The lowest BCUT2D eigenvalue weighted by Gasteiger charge is -2.33. The van der Waals surface area contributed by atoms with Crippen molar-refractivity contribution in [2.45, 2.75) is 12.8 Å². The molecule has 5 nitrogen and oxygen atoms in total. The predicted octanol–water partition coefficient (Wildman–Crippen LogP) is 1.85. The average Bonchev–Trinajstić information content (AvgIpc) is 2.52. The minimum absolute atomic E-state index is 0.0508. The van der Waals surface area contributed by atoms with Gasteiger partial charge in [-0.2, -0.15) is 0 Å². The minimum Gasteiger partial charge on any atom is -0.468 e. The number of methoxy groups -OCH3 is 1. The molecular weight excluding hydrogens is 292 g/mol. The molecule has 0 aromatic heterocycles. The molecule has 1 aliphatic rings. The van der Waals surface area contributed by atoms with Gasteiger partial charge in [0, 0.05) is 29.7 Å². The van der Waals surface area contributed by atoms with Crippen molar-refractivity contribution in [1.29, 1.82) is 0 Å². The van der Waals surface area contributed by atoms with E-state index >= 15 is 0 Å². The lowest BCUT2D eigenvalue weighted by atomic mass is 9.95. The van der Waals surface area contributed by atoms with Gasteiger partial charge in [-0.3, -0.25) is 9.59 Å². The van der Waals surface area contributed by atoms with E-state index in [1.807, 2.05) is 24.3 Å². The Labute approximate surface area is 129 Å². The van der Waals surface area contributed by atoms with E-state index in [4.69, 9.17) is 11.6 Å². The van der Waals surface area contributed by atoms with Crippen LogP contribution in [0.15, 0.2) is 24.3 Å². The number of carbonyl (C=O) groups excluding carboxylic acids is 2. The van der Waals surface area contributed by atoms with Crippen molar-refractivity contribution in [2.75, 3.05) is 31.6 Å². The fraction of sp³-hybridized carbons (Fsp3) is 0.467. The molecule has 1 fully saturated rings. The van der Waals surface area contributed by atoms with Gasteiger partial charge in [0.15, 0.2) is 0 Å². The Bertz CT molecular complexity index is 513. The number of ether oxygens (including phenoxy) is 1. The summed E-state index contributed by atoms with van der Waals surface area (Å²) < 4.78 is 4.50. The molecule has 1 amide bonds. The number of nitrogens with one attached hydrogen (secondary N) is 1. The lowest BCUT2D eigenvalue weighted by Crippen LogP contribution is -2.42. The first-order valence-electron chi connectivity index (χ1n) is 6.95. The van der Waals surface area contributed by atoms with Gasteiger partial charge in [0.2, 0.25) is 5.91 Å². The third-order valence-corrected chi connectivity index (χ3v) is 3.91. The molecule has 6 heteroatoms. The number of nitrogens with zero attached hydrogens (tertiary/aromatic N) is 1. The first-order chi connectivity index (χ1) is 10.1. The number of halogens is 1. The third kappa shape index (κ3) is 4.36. The van der Waals surface area contributed by atoms with Crippen molar-refractivity contribution >= 4 is 29.2 Å². The third-order valence-electron chi connectivity index (χ3n) is 3.67. The highest BCUT2D eigenvalue weighted by molar-refractivity contribution is 6.30. The highest BCUT2D eigenvalue weighted by Gasteiger charge is 2.25. The Hall–Kier alpha value is -1.75. The summed E-state index contributed by atoms with van der Waals surface area (Å²) in [7, 11) is 1.30. The first kappa shape index (κ1) is 15.6. The Kier molecular flexibility index (Phi) is 5.44. The molecular formula is C15H19ClN2O3. The molecule has 1 heterocycles. The van der Waals surface area contributed by atoms with E-state index in [2.05, 4.69) is 15.0 Å². The second-order valence-electron chi connectivity index (χ2n) is 5.04. The summed E-state index contributed by atoms with van der Waals surface area (Å²) in [5.74, 6) is -0.559. The van der Waals surface area contributed by atoms with E-state index in [1.165, 1.54) is 7.11 Å². The van der Waals surface area contributed by atoms with Gasteiger partial charge in [-0.1, -0.05) is 17.7 Å². The van der Waals surface area contributed by atoms with Crippen LogP contribution in [0.2, 0.25) is 5.02 Å². The molecule has 21 heavy (non-hydrogen) atoms. The second kappa shape index (κ2) is 7.31. The van der Waals surface area contributed by atoms with E-state index in [1.54, 1.807) is 0 Å². The number of hydrogen-bond donors (Lipinski definition) is 1. The van der Waals surface area contributed by atoms with Gasteiger partial charge in [-0.15, -0.1) is 0 Å². The molecule has 1 saturated heterocycles. The normalized spacial score (nSPS) is 15.6. The first-order valence-corrected chi connectivity index (χ1v) is 7.33. The zero-order valence-corrected chi connectivity index (χ0v) is 12.7. The zero-order valence-electron chi connectivity index (χ0n) is 12.0. The van der Waals surface area contributed by atoms with E-state index in [0.717, 1.165) is 31.6 Å². The van der Waals surface area contributed by atoms with Crippen LogP contribution in [-0.4, -0.2) is 38.6 Å². The van der Waals surface area contributed by atoms with E-state index in [-0.39, 0.29) is 18.4 Å². The van der Waals surface area contributed by atoms with Gasteiger partial charge in [0.1, 0.15) is 6.54 Å². The van der Waals surface area contributed by atoms with E-state index in [0.29, 0.717) is 5.02 Å². The summed E-state index contributed by atoms with van der Waals surface area (Å²) >= 11 is 5.99. The van der Waals surface area contributed by atoms with Crippen molar-refractivity contribution in [3.8, 4) is 0 Å². The quantitative estimate of drug-likeness (QED) is 0.862. The van der Waals surface area contributed by atoms with Crippen molar-refractivity contribution in [2.24, 2.45) is 5.92 Å². The highest BCUT2D eigenvalue weighted by atomic mass is 35.5. The summed E-state index contributed by atoms with van der Waals surface area (Å²) in [6.45, 7) is 1.54. The van der Waals surface area contributed by atoms with Gasteiger partial charge in [-0.05, 0) is 31.0 Å². The van der Waals surface area contributed by atoms with Crippen molar-refractivity contribution in [3.05, 3.63) is 29.3 Å². The van der Waals surface area contributed by atoms with Crippen LogP contribution in [0.3, 0.4) is 0 Å². The fourth-order valence-electron chi connectivity index (χ4n) is 2.45. The summed E-state index contributed by atoms with van der Waals surface area (Å²) in [6, 6.07) is 7.72. The summed E-state index contributed by atoms with van der Waals surface area (Å²) in [5, 5.41) is 3.33. The fourth-order valence-corrected chi connectivity index (χ4v) is 2.63. The number of benzene rings is 1. The smallest absolute Gasteiger partial charge is 0.325 e. The largest absolute Gasteiger partial charge is 0.468 e. The summed E-state index contributed by atoms with van der Waals surface area (Å²) in [6.07, 6.45) is 1.53. The number of amides is 1. The molecule has 0 atom stereocenters. The molecule has 2 rings (SSSR count). The lowest BCUT2D eigenvalue weighted by molar-refractivity contribution is -0.141. The summed E-state index contributed by atoms with van der Waals surface area (Å²) in [5.41, 5.74) is 1.08. The second-order valence-corrected chi connectivity index (χ2v) is 5.47. The molecule has 0 bridgehead atoms. The Balaban J connectivity index is 1.83. The predicted molar refractivity (Wildman–Crippen MR) is 81.4 cm³/mol. The minimum atomic E-state index is -0.431. The number of rotatable bonds is 4. The Morgan fingerprint density at radius 3 is 2.71 bits per heavy atom. The number of anilines is 1. The number of esters is 1. The topological polar surface area (TPSA) is 58.6 Å². The zero-order chi connectivity index (χ0) is 15.2. The van der Waals surface area contributed by atoms with Crippen LogP contribution in [0.1, 0.15) is 12.8 Å². The molecule has 0 radical (unpaired) electrons. The van der Waals surface area contributed by atoms with Crippen LogP contribution in [0.5, 0.6) is 0 Å². The van der Waals surface area contributed by atoms with Gasteiger partial charge >= 0.3 is 5.97 Å². The molecule has 0 unspecified atom stereocenters. The molecule has 0 saturated carbocycles. The molecule has 1 aromatic rings. The molecule has 1 aliphatic heterocycles. The average molecular weight is 311 g/mol. The van der Waals surface area contributed by atoms with Crippen LogP contribution in [0.25, 0.3) is 0 Å². The maximum Gasteiger partial charge on any atom is 0.325 e. The molecule has 0 aliphatic carbocycles. The SMILES string of the molecule is COC(=O)CNC(=O)C1CCN(c2cccc(Cl)c2)CC1. The molecule has 114 valence electrons. The van der Waals surface area contributed by atoms with Crippen molar-refractivity contribution < 1.29 is 14.3 Å². The van der Waals surface area contributed by atoms with Crippen LogP contribution in [0.4, 0.5) is 5.69 Å². The van der Waals surface area contributed by atoms with Gasteiger partial charge in [0.05, 0.1) is 7.11 Å². The Morgan fingerprint density at radius 1 is 1.38 bits per heavy atom. The highest BCUT2D eigenvalue weighted by Crippen LogP contribution is 2.25. The number of carbonyl (C=O) groups is 2. The molecule has 1 aromatic carbocycles. The van der Waals surface area contributed by atoms with Crippen LogP contribution in [-0.2, 0) is 14.3 Å². The van der Waals surface area contributed by atoms with Crippen molar-refractivity contribution in [3.63, 3.8) is 0 Å². The standard InChI is InChI=1S/C15H19ClN2O3/c1-21-14(19)10-17-15(20)11-5-7-18(8-6-11)13-4-2-3-12(16)9-13/h2-4,9,11H,5-8,10H2,1H3,(H,17,20). The van der Waals surface area contributed by atoms with Gasteiger partial charge in [-0.25, -0.2) is 0 Å². The van der Waals surface area contributed by atoms with Crippen LogP contribution >= 0.6 is 11.6 Å². The maximum atomic E-state index is 12.0. The summed E-state index contributed by atoms with van der Waals surface area (Å²) in [4.78, 5) is 25.2. The van der Waals surface area contributed by atoms with Gasteiger partial charge < -0.3 is 15.0 Å². The number of piperidine rings is 1. The van der Waals surface area contributed by atoms with Crippen LogP contribution < -0.4 is 10.2 Å². The van der Waals surface area contributed by atoms with Gasteiger partial charge in [0.25, 0.3) is 0 Å². The van der Waals surface area contributed by atoms with E-state index < -0.39 is 5.97 Å².